The summed E-state index contributed by atoms with van der Waals surface area (Å²) in [5.41, 5.74) is 1.35. The highest BCUT2D eigenvalue weighted by Gasteiger charge is 2.28. The summed E-state index contributed by atoms with van der Waals surface area (Å²) in [6.45, 7) is 8.24. The molecule has 5 rings (SSSR count). The van der Waals surface area contributed by atoms with E-state index < -0.39 is 29.7 Å². The van der Waals surface area contributed by atoms with Crippen molar-refractivity contribution in [3.8, 4) is 11.3 Å². The quantitative estimate of drug-likeness (QED) is 0.0782. The number of rotatable bonds is 10. The zero-order chi connectivity index (χ0) is 30.9. The predicted octanol–water partition coefficient (Wildman–Crippen LogP) is 5.49. The van der Waals surface area contributed by atoms with Crippen molar-refractivity contribution < 1.29 is 27.1 Å². The van der Waals surface area contributed by atoms with Gasteiger partial charge in [-0.05, 0) is 42.6 Å². The maximum absolute atomic E-state index is 15.2. The van der Waals surface area contributed by atoms with Crippen LogP contribution in [0.2, 0.25) is 25.7 Å². The third kappa shape index (κ3) is 6.87. The molecule has 1 aliphatic rings. The van der Waals surface area contributed by atoms with Gasteiger partial charge in [0.05, 0.1) is 29.2 Å². The first-order chi connectivity index (χ1) is 20.4. The van der Waals surface area contributed by atoms with Crippen molar-refractivity contribution in [1.29, 1.82) is 0 Å². The second-order valence-electron chi connectivity index (χ2n) is 12.1. The molecular formula is C29H36F2N6O4SSi. The van der Waals surface area contributed by atoms with Crippen LogP contribution in [0, 0.1) is 11.6 Å². The highest BCUT2D eigenvalue weighted by molar-refractivity contribution is 7.88. The minimum Gasteiger partial charge on any atom is -0.411 e. The third-order valence-electron chi connectivity index (χ3n) is 7.59. The molecule has 4 aromatic rings. The van der Waals surface area contributed by atoms with E-state index in [0.29, 0.717) is 65.7 Å². The highest BCUT2D eigenvalue weighted by Crippen LogP contribution is 2.38. The lowest BCUT2D eigenvalue weighted by Gasteiger charge is -2.30. The van der Waals surface area contributed by atoms with Gasteiger partial charge in [-0.15, -0.1) is 0 Å². The zero-order valence-corrected chi connectivity index (χ0v) is 26.5. The average molecular weight is 631 g/mol. The second kappa shape index (κ2) is 12.3. The Bertz CT molecular complexity index is 1760. The van der Waals surface area contributed by atoms with Crippen LogP contribution < -0.4 is 5.32 Å². The summed E-state index contributed by atoms with van der Waals surface area (Å²) in [6.07, 6.45) is 3.55. The molecule has 2 aromatic carbocycles. The van der Waals surface area contributed by atoms with Gasteiger partial charge in [-0.25, -0.2) is 31.2 Å². The van der Waals surface area contributed by atoms with Crippen molar-refractivity contribution in [2.75, 3.05) is 31.3 Å². The Balaban J connectivity index is 1.65. The van der Waals surface area contributed by atoms with E-state index in [4.69, 9.17) is 20.0 Å². The lowest BCUT2D eigenvalue weighted by Crippen LogP contribution is -2.41. The summed E-state index contributed by atoms with van der Waals surface area (Å²) < 4.78 is 63.6. The van der Waals surface area contributed by atoms with E-state index >= 15 is 8.78 Å². The van der Waals surface area contributed by atoms with Gasteiger partial charge >= 0.3 is 0 Å². The molecule has 0 radical (unpaired) electrons. The molecule has 0 aliphatic carbocycles. The summed E-state index contributed by atoms with van der Waals surface area (Å²) in [5, 5.41) is 21.6. The molecule has 0 bridgehead atoms. The number of nitrogens with one attached hydrogen (secondary N) is 1. The van der Waals surface area contributed by atoms with Crippen LogP contribution in [-0.4, -0.2) is 79.0 Å². The molecule has 1 aliphatic heterocycles. The lowest BCUT2D eigenvalue weighted by molar-refractivity contribution is 0.0820. The van der Waals surface area contributed by atoms with E-state index in [9.17, 15) is 8.42 Å². The number of fused-ring (bicyclic) bond motifs is 3. The average Bonchev–Trinajstić information content (AvgIpc) is 3.27. The van der Waals surface area contributed by atoms with Crippen LogP contribution in [0.3, 0.4) is 0 Å². The van der Waals surface area contributed by atoms with E-state index in [1.807, 2.05) is 0 Å². The van der Waals surface area contributed by atoms with Gasteiger partial charge in [0.2, 0.25) is 10.0 Å². The Morgan fingerprint density at radius 1 is 1.14 bits per heavy atom. The zero-order valence-electron chi connectivity index (χ0n) is 24.6. The van der Waals surface area contributed by atoms with Crippen molar-refractivity contribution in [2.24, 2.45) is 5.16 Å². The smallest absolute Gasteiger partial charge is 0.211 e. The van der Waals surface area contributed by atoms with Gasteiger partial charge in [-0.3, -0.25) is 0 Å². The monoisotopic (exact) mass is 630 g/mol. The molecule has 1 saturated heterocycles. The van der Waals surface area contributed by atoms with Crippen molar-refractivity contribution in [2.45, 2.75) is 51.3 Å². The van der Waals surface area contributed by atoms with Gasteiger partial charge in [0, 0.05) is 44.6 Å². The van der Waals surface area contributed by atoms with Gasteiger partial charge in [0.15, 0.2) is 5.82 Å². The number of ether oxygens (including phenoxy) is 1. The summed E-state index contributed by atoms with van der Waals surface area (Å²) in [6, 6.07) is 9.72. The van der Waals surface area contributed by atoms with E-state index in [-0.39, 0.29) is 24.0 Å². The van der Waals surface area contributed by atoms with E-state index in [2.05, 4.69) is 30.1 Å². The molecule has 1 fully saturated rings. The number of sulfonamides is 1. The molecule has 14 heteroatoms. The standard InChI is InChI=1S/C29H36F2N6O4SSi/c1-42(39,40)36-12-10-20(11-13-36)33-29-27-28(37(35-29)18-41-14-15-43(2,3)4)21-9-8-19(17-32-38)16-22(21)26(34-27)25-23(30)6-5-7-24(25)31/h5-9,16-17,20,38H,10-15,18H2,1-4H3,(H,33,35). The summed E-state index contributed by atoms with van der Waals surface area (Å²) in [5.74, 6) is -1.11. The summed E-state index contributed by atoms with van der Waals surface area (Å²) in [7, 11) is -4.63. The molecule has 0 spiro atoms. The van der Waals surface area contributed by atoms with E-state index in [0.717, 1.165) is 6.04 Å². The fraction of sp³-hybridized carbons (Fsp3) is 0.414. The second-order valence-corrected chi connectivity index (χ2v) is 19.7. The van der Waals surface area contributed by atoms with Crippen LogP contribution in [0.25, 0.3) is 33.1 Å². The van der Waals surface area contributed by atoms with Crippen molar-refractivity contribution in [1.82, 2.24) is 19.1 Å². The molecule has 43 heavy (non-hydrogen) atoms. The number of pyridine rings is 1. The molecule has 230 valence electrons. The van der Waals surface area contributed by atoms with Gasteiger partial charge in [-0.2, -0.15) is 5.10 Å². The van der Waals surface area contributed by atoms with Crippen LogP contribution in [0.4, 0.5) is 14.6 Å². The van der Waals surface area contributed by atoms with Crippen LogP contribution in [0.1, 0.15) is 18.4 Å². The molecule has 10 nitrogen and oxygen atoms in total. The molecule has 0 saturated carbocycles. The Hall–Kier alpha value is -3.46. The Morgan fingerprint density at radius 3 is 2.47 bits per heavy atom. The van der Waals surface area contributed by atoms with Crippen molar-refractivity contribution >= 4 is 51.9 Å². The van der Waals surface area contributed by atoms with E-state index in [1.54, 1.807) is 22.9 Å². The lowest BCUT2D eigenvalue weighted by atomic mass is 9.99. The first kappa shape index (κ1) is 31.0. The fourth-order valence-corrected chi connectivity index (χ4v) is 6.90. The third-order valence-corrected chi connectivity index (χ3v) is 10.6. The first-order valence-electron chi connectivity index (χ1n) is 14.1. The number of oxime groups is 1. The van der Waals surface area contributed by atoms with Crippen molar-refractivity contribution in [3.05, 3.63) is 53.6 Å². The molecule has 2 aromatic heterocycles. The number of hydrogen-bond acceptors (Lipinski definition) is 8. The summed E-state index contributed by atoms with van der Waals surface area (Å²) in [4.78, 5) is 4.82. The normalized spacial score (nSPS) is 15.7. The minimum atomic E-state index is -3.29. The van der Waals surface area contributed by atoms with Crippen LogP contribution >= 0.6 is 0 Å². The minimum absolute atomic E-state index is 0.0837. The number of halogens is 2. The molecule has 3 heterocycles. The molecule has 0 unspecified atom stereocenters. The number of aromatic nitrogens is 3. The van der Waals surface area contributed by atoms with Crippen molar-refractivity contribution in [3.63, 3.8) is 0 Å². The van der Waals surface area contributed by atoms with Crippen LogP contribution in [0.15, 0.2) is 41.6 Å². The Labute approximate surface area is 250 Å². The SMILES string of the molecule is C[Si](C)(C)CCOCn1nc(NC2CCN(S(C)(=O)=O)CC2)c2nc(-c3c(F)cccc3F)c3cc(C=NO)ccc3c21. The number of piperidine rings is 1. The fourth-order valence-electron chi connectivity index (χ4n) is 5.27. The molecule has 2 N–H and O–H groups in total. The van der Waals surface area contributed by atoms with Gasteiger partial charge in [0.25, 0.3) is 0 Å². The largest absolute Gasteiger partial charge is 0.411 e. The number of anilines is 1. The van der Waals surface area contributed by atoms with Crippen LogP contribution in [0.5, 0.6) is 0 Å². The molecule has 0 atom stereocenters. The number of nitrogens with zero attached hydrogens (tertiary/aromatic N) is 5. The Morgan fingerprint density at radius 2 is 1.84 bits per heavy atom. The Kier molecular flexibility index (Phi) is 8.84. The highest BCUT2D eigenvalue weighted by atomic mass is 32.2. The molecule has 0 amide bonds. The maximum atomic E-state index is 15.2. The van der Waals surface area contributed by atoms with Crippen LogP contribution in [-0.2, 0) is 21.5 Å². The van der Waals surface area contributed by atoms with Gasteiger partial charge < -0.3 is 15.3 Å². The maximum Gasteiger partial charge on any atom is 0.211 e. The van der Waals surface area contributed by atoms with E-state index in [1.165, 1.54) is 35.0 Å². The summed E-state index contributed by atoms with van der Waals surface area (Å²) >= 11 is 0. The number of hydrogen-bond donors (Lipinski definition) is 2. The van der Waals surface area contributed by atoms with Gasteiger partial charge in [-0.1, -0.05) is 43.0 Å². The molecular weight excluding hydrogens is 595 g/mol. The first-order valence-corrected chi connectivity index (χ1v) is 19.7. The van der Waals surface area contributed by atoms with Gasteiger partial charge in [0.1, 0.15) is 23.9 Å². The predicted molar refractivity (Wildman–Crippen MR) is 167 cm³/mol. The number of benzene rings is 2. The topological polar surface area (TPSA) is 122 Å².